The summed E-state index contributed by atoms with van der Waals surface area (Å²) in [6.45, 7) is 2.13. The van der Waals surface area contributed by atoms with Gasteiger partial charge in [0.15, 0.2) is 5.75 Å². The summed E-state index contributed by atoms with van der Waals surface area (Å²) in [4.78, 5) is 25.2. The van der Waals surface area contributed by atoms with E-state index in [2.05, 4.69) is 12.2 Å². The molecule has 0 saturated heterocycles. The number of carbonyl (C=O) groups excluding carboxylic acids is 2. The van der Waals surface area contributed by atoms with Gasteiger partial charge in [-0.3, -0.25) is 4.79 Å². The van der Waals surface area contributed by atoms with Gasteiger partial charge in [0.1, 0.15) is 0 Å². The van der Waals surface area contributed by atoms with Crippen molar-refractivity contribution < 1.29 is 14.3 Å². The van der Waals surface area contributed by atoms with E-state index in [1.54, 1.807) is 42.5 Å². The van der Waals surface area contributed by atoms with Gasteiger partial charge >= 0.3 is 5.97 Å². The molecule has 0 fully saturated rings. The van der Waals surface area contributed by atoms with Crippen molar-refractivity contribution in [2.75, 3.05) is 5.32 Å². The van der Waals surface area contributed by atoms with Crippen molar-refractivity contribution in [3.05, 3.63) is 93.5 Å². The Morgan fingerprint density at radius 3 is 2.31 bits per heavy atom. The number of nitrogens with one attached hydrogen (secondary N) is 1. The number of hydrogen-bond acceptors (Lipinski definition) is 3. The van der Waals surface area contributed by atoms with E-state index in [1.807, 2.05) is 24.3 Å². The molecular formula is C26H25Cl2NO3. The summed E-state index contributed by atoms with van der Waals surface area (Å²) in [6.07, 6.45) is 3.75. The molecule has 0 atom stereocenters. The van der Waals surface area contributed by atoms with E-state index in [9.17, 15) is 9.59 Å². The van der Waals surface area contributed by atoms with Crippen LogP contribution in [0.1, 0.15) is 47.7 Å². The second-order valence-electron chi connectivity index (χ2n) is 7.49. The Labute approximate surface area is 198 Å². The predicted octanol–water partition coefficient (Wildman–Crippen LogP) is 7.13. The quantitative estimate of drug-likeness (QED) is 0.267. The van der Waals surface area contributed by atoms with Crippen LogP contribution >= 0.6 is 23.2 Å². The minimum absolute atomic E-state index is 0.180. The molecule has 4 nitrogen and oxygen atoms in total. The maximum atomic E-state index is 12.7. The predicted molar refractivity (Wildman–Crippen MR) is 130 cm³/mol. The topological polar surface area (TPSA) is 55.4 Å². The molecule has 0 heterocycles. The molecule has 166 valence electrons. The number of anilines is 1. The average Bonchev–Trinajstić information content (AvgIpc) is 2.80. The number of esters is 1. The maximum Gasteiger partial charge on any atom is 0.343 e. The first-order valence-corrected chi connectivity index (χ1v) is 11.4. The molecule has 1 N–H and O–H groups in total. The van der Waals surface area contributed by atoms with Gasteiger partial charge in [-0.05, 0) is 66.8 Å². The maximum absolute atomic E-state index is 12.7. The monoisotopic (exact) mass is 469 g/mol. The second-order valence-corrected chi connectivity index (χ2v) is 8.30. The first kappa shape index (κ1) is 23.8. The molecule has 0 unspecified atom stereocenters. The zero-order valence-electron chi connectivity index (χ0n) is 17.9. The van der Waals surface area contributed by atoms with Crippen LogP contribution in [0.25, 0.3) is 0 Å². The summed E-state index contributed by atoms with van der Waals surface area (Å²) >= 11 is 12.0. The lowest BCUT2D eigenvalue weighted by Gasteiger charge is -2.14. The van der Waals surface area contributed by atoms with E-state index in [-0.39, 0.29) is 12.3 Å². The van der Waals surface area contributed by atoms with Crippen LogP contribution in [0, 0.1) is 0 Å². The minimum Gasteiger partial charge on any atom is -0.421 e. The van der Waals surface area contributed by atoms with Crippen molar-refractivity contribution in [1.29, 1.82) is 0 Å². The third kappa shape index (κ3) is 6.84. The fraction of sp³-hybridized carbons (Fsp3) is 0.231. The number of aryl methyl sites for hydroxylation is 2. The zero-order valence-corrected chi connectivity index (χ0v) is 19.4. The van der Waals surface area contributed by atoms with Gasteiger partial charge in [0.25, 0.3) is 0 Å². The highest BCUT2D eigenvalue weighted by Gasteiger charge is 2.14. The van der Waals surface area contributed by atoms with E-state index < -0.39 is 5.97 Å². The summed E-state index contributed by atoms with van der Waals surface area (Å²) in [5.41, 5.74) is 2.93. The molecule has 3 aromatic rings. The van der Waals surface area contributed by atoms with Crippen molar-refractivity contribution in [2.45, 2.75) is 39.0 Å². The number of rotatable bonds is 9. The molecule has 0 aliphatic carbocycles. The second kappa shape index (κ2) is 11.7. The fourth-order valence-corrected chi connectivity index (χ4v) is 3.52. The Hall–Kier alpha value is -2.82. The number of ether oxygens (including phenoxy) is 1. The third-order valence-corrected chi connectivity index (χ3v) is 5.71. The van der Waals surface area contributed by atoms with Gasteiger partial charge in [-0.25, -0.2) is 4.79 Å². The standard InChI is InChI=1S/C26H25Cl2NO3/c1-2-3-7-18-11-14-24(32-26(31)20-8-5-4-6-9-20)23(17-18)29-25(30)15-12-19-10-13-21(27)22(28)16-19/h4-6,8-11,13-14,16-17H,2-3,7,12,15H2,1H3,(H,29,30). The summed E-state index contributed by atoms with van der Waals surface area (Å²) in [5, 5.41) is 3.85. The molecule has 0 saturated carbocycles. The third-order valence-electron chi connectivity index (χ3n) is 4.97. The molecule has 3 rings (SSSR count). The van der Waals surface area contributed by atoms with Crippen LogP contribution in [0.2, 0.25) is 10.0 Å². The van der Waals surface area contributed by atoms with Gasteiger partial charge in [-0.1, -0.05) is 66.9 Å². The first-order chi connectivity index (χ1) is 15.5. The zero-order chi connectivity index (χ0) is 22.9. The number of unbranched alkanes of at least 4 members (excludes halogenated alkanes) is 1. The van der Waals surface area contributed by atoms with Crippen LogP contribution < -0.4 is 10.1 Å². The lowest BCUT2D eigenvalue weighted by molar-refractivity contribution is -0.116. The van der Waals surface area contributed by atoms with Crippen molar-refractivity contribution >= 4 is 40.8 Å². The largest absolute Gasteiger partial charge is 0.421 e. The Kier molecular flexibility index (Phi) is 8.72. The summed E-state index contributed by atoms with van der Waals surface area (Å²) in [5.74, 6) is -0.332. The number of amides is 1. The lowest BCUT2D eigenvalue weighted by atomic mass is 10.1. The first-order valence-electron chi connectivity index (χ1n) is 10.6. The molecule has 0 aliphatic rings. The van der Waals surface area contributed by atoms with Crippen LogP contribution in [0.3, 0.4) is 0 Å². The Balaban J connectivity index is 1.73. The van der Waals surface area contributed by atoms with E-state index in [1.165, 1.54) is 0 Å². The summed E-state index contributed by atoms with van der Waals surface area (Å²) < 4.78 is 5.60. The van der Waals surface area contributed by atoms with Gasteiger partial charge in [-0.15, -0.1) is 0 Å². The van der Waals surface area contributed by atoms with Crippen molar-refractivity contribution in [3.8, 4) is 5.75 Å². The van der Waals surface area contributed by atoms with Crippen LogP contribution in [0.15, 0.2) is 66.7 Å². The molecule has 6 heteroatoms. The number of halogens is 2. The van der Waals surface area contributed by atoms with Gasteiger partial charge < -0.3 is 10.1 Å². The molecular weight excluding hydrogens is 445 g/mol. The Morgan fingerprint density at radius 2 is 1.59 bits per heavy atom. The van der Waals surface area contributed by atoms with Crippen LogP contribution in [0.5, 0.6) is 5.75 Å². The van der Waals surface area contributed by atoms with Crippen molar-refractivity contribution in [1.82, 2.24) is 0 Å². The lowest BCUT2D eigenvalue weighted by Crippen LogP contribution is -2.15. The Morgan fingerprint density at radius 1 is 0.875 bits per heavy atom. The molecule has 32 heavy (non-hydrogen) atoms. The van der Waals surface area contributed by atoms with Gasteiger partial charge in [0, 0.05) is 6.42 Å². The van der Waals surface area contributed by atoms with Crippen molar-refractivity contribution in [2.24, 2.45) is 0 Å². The molecule has 1 amide bonds. The highest BCUT2D eigenvalue weighted by atomic mass is 35.5. The average molecular weight is 470 g/mol. The molecule has 0 aliphatic heterocycles. The summed E-state index contributed by atoms with van der Waals surface area (Å²) in [6, 6.07) is 19.6. The fourth-order valence-electron chi connectivity index (χ4n) is 3.20. The molecule has 0 bridgehead atoms. The number of carbonyl (C=O) groups is 2. The van der Waals surface area contributed by atoms with E-state index >= 15 is 0 Å². The molecule has 3 aromatic carbocycles. The highest BCUT2D eigenvalue weighted by molar-refractivity contribution is 6.42. The Bertz CT molecular complexity index is 1080. The van der Waals surface area contributed by atoms with Crippen LogP contribution in [-0.4, -0.2) is 11.9 Å². The van der Waals surface area contributed by atoms with Gasteiger partial charge in [-0.2, -0.15) is 0 Å². The smallest absolute Gasteiger partial charge is 0.343 e. The van der Waals surface area contributed by atoms with Gasteiger partial charge in [0.2, 0.25) is 5.91 Å². The van der Waals surface area contributed by atoms with E-state index in [0.29, 0.717) is 33.5 Å². The summed E-state index contributed by atoms with van der Waals surface area (Å²) in [7, 11) is 0. The normalized spacial score (nSPS) is 10.6. The SMILES string of the molecule is CCCCc1ccc(OC(=O)c2ccccc2)c(NC(=O)CCc2ccc(Cl)c(Cl)c2)c1. The molecule has 0 spiro atoms. The van der Waals surface area contributed by atoms with Crippen molar-refractivity contribution in [3.63, 3.8) is 0 Å². The van der Waals surface area contributed by atoms with E-state index in [4.69, 9.17) is 27.9 Å². The molecule has 0 radical (unpaired) electrons. The van der Waals surface area contributed by atoms with Crippen LogP contribution in [-0.2, 0) is 17.6 Å². The highest BCUT2D eigenvalue weighted by Crippen LogP contribution is 2.28. The van der Waals surface area contributed by atoms with Gasteiger partial charge in [0.05, 0.1) is 21.3 Å². The molecule has 0 aromatic heterocycles. The number of hydrogen-bond donors (Lipinski definition) is 1. The minimum atomic E-state index is -0.474. The number of benzene rings is 3. The van der Waals surface area contributed by atoms with Crippen LogP contribution in [0.4, 0.5) is 5.69 Å². The van der Waals surface area contributed by atoms with E-state index in [0.717, 1.165) is 30.4 Å².